The molecule has 0 aromatic rings. The number of rotatable bonds is 3. The minimum Gasteiger partial charge on any atom is -0.298 e. The van der Waals surface area contributed by atoms with E-state index in [1.807, 2.05) is 26.0 Å². The first kappa shape index (κ1) is 11.2. The third kappa shape index (κ3) is 1.79. The van der Waals surface area contributed by atoms with Gasteiger partial charge >= 0.3 is 0 Å². The molecular weight excluding hydrogens is 176 g/mol. The van der Waals surface area contributed by atoms with E-state index in [-0.39, 0.29) is 11.6 Å². The fourth-order valence-electron chi connectivity index (χ4n) is 2.03. The molecule has 0 amide bonds. The van der Waals surface area contributed by atoms with Crippen molar-refractivity contribution in [2.24, 2.45) is 5.41 Å². The van der Waals surface area contributed by atoms with Gasteiger partial charge in [-0.1, -0.05) is 26.0 Å². The average molecular weight is 194 g/mol. The summed E-state index contributed by atoms with van der Waals surface area (Å²) in [6, 6.07) is 0. The number of hydrogen-bond acceptors (Lipinski definition) is 2. The molecule has 0 aromatic heterocycles. The lowest BCUT2D eigenvalue weighted by Crippen LogP contribution is -2.40. The van der Waals surface area contributed by atoms with E-state index in [0.717, 1.165) is 12.8 Å². The Morgan fingerprint density at radius 2 is 1.79 bits per heavy atom. The molecule has 1 saturated carbocycles. The molecule has 1 rings (SSSR count). The maximum absolute atomic E-state index is 11.8. The molecule has 0 N–H and O–H groups in total. The zero-order valence-electron chi connectivity index (χ0n) is 9.01. The molecule has 1 aliphatic carbocycles. The largest absolute Gasteiger partial charge is 0.298 e. The first-order valence-corrected chi connectivity index (χ1v) is 5.41. The Kier molecular flexibility index (Phi) is 3.62. The summed E-state index contributed by atoms with van der Waals surface area (Å²) in [5, 5.41) is 0. The lowest BCUT2D eigenvalue weighted by atomic mass is 9.70. The van der Waals surface area contributed by atoms with Crippen LogP contribution in [0, 0.1) is 5.41 Å². The molecular formula is C12H18O2. The highest BCUT2D eigenvalue weighted by atomic mass is 16.2. The second-order valence-corrected chi connectivity index (χ2v) is 3.84. The lowest BCUT2D eigenvalue weighted by Gasteiger charge is -2.30. The molecule has 0 atom stereocenters. The molecule has 0 heterocycles. The van der Waals surface area contributed by atoms with E-state index in [1.165, 1.54) is 0 Å². The van der Waals surface area contributed by atoms with Crippen LogP contribution in [0.3, 0.4) is 0 Å². The second-order valence-electron chi connectivity index (χ2n) is 3.84. The molecule has 2 nitrogen and oxygen atoms in total. The Balaban J connectivity index is 2.98. The highest BCUT2D eigenvalue weighted by Gasteiger charge is 2.42. The molecule has 2 heteroatoms. The van der Waals surface area contributed by atoms with E-state index in [4.69, 9.17) is 0 Å². The van der Waals surface area contributed by atoms with Crippen LogP contribution in [0.5, 0.6) is 0 Å². The van der Waals surface area contributed by atoms with Gasteiger partial charge in [0.15, 0.2) is 0 Å². The monoisotopic (exact) mass is 194 g/mol. The van der Waals surface area contributed by atoms with Gasteiger partial charge in [-0.05, 0) is 19.3 Å². The third-order valence-electron chi connectivity index (χ3n) is 3.00. The number of Topliss-reactive ketones (excluding diaryl/α,β-unsaturated/α-hetero) is 2. The van der Waals surface area contributed by atoms with Crippen molar-refractivity contribution in [3.63, 3.8) is 0 Å². The van der Waals surface area contributed by atoms with E-state index in [0.29, 0.717) is 19.3 Å². The van der Waals surface area contributed by atoms with Crippen molar-refractivity contribution in [3.05, 3.63) is 12.2 Å². The molecule has 1 fully saturated rings. The van der Waals surface area contributed by atoms with Gasteiger partial charge < -0.3 is 0 Å². The van der Waals surface area contributed by atoms with Gasteiger partial charge in [0, 0.05) is 12.8 Å². The molecule has 0 aromatic carbocycles. The summed E-state index contributed by atoms with van der Waals surface area (Å²) in [5.41, 5.74) is -0.770. The maximum Gasteiger partial charge on any atom is 0.150 e. The fraction of sp³-hybridized carbons (Fsp3) is 0.667. The standard InChI is InChI=1S/C12H18O2/c1-3-5-9-12(4-2)10(13)7-6-8-11(12)14/h5,9H,3-4,6-8H2,1-2H3/b9-5+. The van der Waals surface area contributed by atoms with Crippen molar-refractivity contribution >= 4 is 11.6 Å². The van der Waals surface area contributed by atoms with E-state index in [1.54, 1.807) is 0 Å². The van der Waals surface area contributed by atoms with E-state index < -0.39 is 5.41 Å². The predicted octanol–water partition coefficient (Wildman–Crippen LogP) is 2.67. The zero-order chi connectivity index (χ0) is 10.6. The predicted molar refractivity (Wildman–Crippen MR) is 56.0 cm³/mol. The van der Waals surface area contributed by atoms with Crippen LogP contribution in [0.2, 0.25) is 0 Å². The average Bonchev–Trinajstić information content (AvgIpc) is 2.18. The summed E-state index contributed by atoms with van der Waals surface area (Å²) in [6.07, 6.45) is 7.12. The molecule has 78 valence electrons. The first-order chi connectivity index (χ1) is 6.67. The van der Waals surface area contributed by atoms with Gasteiger partial charge in [-0.3, -0.25) is 9.59 Å². The van der Waals surface area contributed by atoms with Gasteiger partial charge in [-0.25, -0.2) is 0 Å². The van der Waals surface area contributed by atoms with Crippen molar-refractivity contribution in [3.8, 4) is 0 Å². The number of allylic oxidation sites excluding steroid dienone is 2. The topological polar surface area (TPSA) is 34.1 Å². The smallest absolute Gasteiger partial charge is 0.150 e. The maximum atomic E-state index is 11.8. The summed E-state index contributed by atoms with van der Waals surface area (Å²) in [6.45, 7) is 3.93. The molecule has 14 heavy (non-hydrogen) atoms. The molecule has 0 aliphatic heterocycles. The van der Waals surface area contributed by atoms with Gasteiger partial charge in [0.05, 0.1) is 0 Å². The van der Waals surface area contributed by atoms with Gasteiger partial charge in [-0.15, -0.1) is 0 Å². The molecule has 0 spiro atoms. The number of ketones is 2. The van der Waals surface area contributed by atoms with Gasteiger partial charge in [0.2, 0.25) is 0 Å². The van der Waals surface area contributed by atoms with Crippen molar-refractivity contribution in [1.29, 1.82) is 0 Å². The van der Waals surface area contributed by atoms with Crippen LogP contribution in [0.1, 0.15) is 46.0 Å². The third-order valence-corrected chi connectivity index (χ3v) is 3.00. The van der Waals surface area contributed by atoms with Crippen LogP contribution < -0.4 is 0 Å². The van der Waals surface area contributed by atoms with Gasteiger partial charge in [-0.2, -0.15) is 0 Å². The Morgan fingerprint density at radius 3 is 2.21 bits per heavy atom. The van der Waals surface area contributed by atoms with Gasteiger partial charge in [0.25, 0.3) is 0 Å². The van der Waals surface area contributed by atoms with Crippen LogP contribution in [-0.2, 0) is 9.59 Å². The minimum atomic E-state index is -0.770. The Hall–Kier alpha value is -0.920. The lowest BCUT2D eigenvalue weighted by molar-refractivity contribution is -0.140. The Bertz CT molecular complexity index is 247. The van der Waals surface area contributed by atoms with E-state index in [9.17, 15) is 9.59 Å². The summed E-state index contributed by atoms with van der Waals surface area (Å²) in [4.78, 5) is 23.6. The SMILES string of the molecule is CC/C=C/C1(CC)C(=O)CCCC1=O. The van der Waals surface area contributed by atoms with Gasteiger partial charge in [0.1, 0.15) is 17.0 Å². The minimum absolute atomic E-state index is 0.112. The highest BCUT2D eigenvalue weighted by molar-refractivity contribution is 6.10. The Labute approximate surface area is 85.4 Å². The fourth-order valence-corrected chi connectivity index (χ4v) is 2.03. The van der Waals surface area contributed by atoms with Crippen LogP contribution in [0.4, 0.5) is 0 Å². The number of carbonyl (C=O) groups excluding carboxylic acids is 2. The van der Waals surface area contributed by atoms with Crippen LogP contribution in [0.25, 0.3) is 0 Å². The summed E-state index contributed by atoms with van der Waals surface area (Å²) in [5.74, 6) is 0.224. The van der Waals surface area contributed by atoms with Crippen molar-refractivity contribution in [2.45, 2.75) is 46.0 Å². The Morgan fingerprint density at radius 1 is 1.21 bits per heavy atom. The van der Waals surface area contributed by atoms with Crippen LogP contribution in [0.15, 0.2) is 12.2 Å². The first-order valence-electron chi connectivity index (χ1n) is 5.41. The summed E-state index contributed by atoms with van der Waals surface area (Å²) >= 11 is 0. The highest BCUT2D eigenvalue weighted by Crippen LogP contribution is 2.34. The molecule has 0 radical (unpaired) electrons. The summed E-state index contributed by atoms with van der Waals surface area (Å²) < 4.78 is 0. The zero-order valence-corrected chi connectivity index (χ0v) is 9.01. The number of carbonyl (C=O) groups is 2. The van der Waals surface area contributed by atoms with E-state index >= 15 is 0 Å². The normalized spacial score (nSPS) is 21.9. The van der Waals surface area contributed by atoms with E-state index in [2.05, 4.69) is 0 Å². The van der Waals surface area contributed by atoms with Crippen molar-refractivity contribution < 1.29 is 9.59 Å². The molecule has 1 aliphatic rings. The van der Waals surface area contributed by atoms with Crippen LogP contribution in [-0.4, -0.2) is 11.6 Å². The quantitative estimate of drug-likeness (QED) is 0.511. The number of hydrogen-bond donors (Lipinski definition) is 0. The molecule has 0 bridgehead atoms. The van der Waals surface area contributed by atoms with Crippen molar-refractivity contribution in [1.82, 2.24) is 0 Å². The molecule has 0 unspecified atom stereocenters. The summed E-state index contributed by atoms with van der Waals surface area (Å²) in [7, 11) is 0. The second kappa shape index (κ2) is 4.54. The van der Waals surface area contributed by atoms with Crippen molar-refractivity contribution in [2.75, 3.05) is 0 Å². The molecule has 0 saturated heterocycles. The van der Waals surface area contributed by atoms with Crippen LogP contribution >= 0.6 is 0 Å².